The highest BCUT2D eigenvalue weighted by Crippen LogP contribution is 2.17. The average molecular weight is 363 g/mol. The Bertz CT molecular complexity index is 605. The number of likely N-dealkylation sites (N-methyl/N-ethyl adjacent to an activating group) is 1. The summed E-state index contributed by atoms with van der Waals surface area (Å²) in [6.45, 7) is 5.04. The smallest absolute Gasteiger partial charge is 0.317 e. The summed E-state index contributed by atoms with van der Waals surface area (Å²) in [5.41, 5.74) is 1.76. The second-order valence-electron chi connectivity index (χ2n) is 6.80. The zero-order valence-corrected chi connectivity index (χ0v) is 15.9. The Labute approximate surface area is 155 Å². The standard InChI is InChI=1S/C19H29N3O4/c1-4-9-21(3)16-7-5-15(6-8-16)19(25)22-10-11-26-17(13-22)12-20(2)14-18(23)24/h5-8,17H,4,9-14H2,1-3H3,(H,23,24). The molecule has 7 nitrogen and oxygen atoms in total. The minimum Gasteiger partial charge on any atom is -0.480 e. The number of amides is 1. The Morgan fingerprint density at radius 2 is 1.96 bits per heavy atom. The maximum Gasteiger partial charge on any atom is 0.317 e. The fourth-order valence-electron chi connectivity index (χ4n) is 3.16. The van der Waals surface area contributed by atoms with E-state index in [1.165, 1.54) is 0 Å². The molecular weight excluding hydrogens is 334 g/mol. The first-order valence-corrected chi connectivity index (χ1v) is 9.03. The summed E-state index contributed by atoms with van der Waals surface area (Å²) in [7, 11) is 3.78. The fraction of sp³-hybridized carbons (Fsp3) is 0.579. The molecular formula is C19H29N3O4. The zero-order valence-electron chi connectivity index (χ0n) is 15.9. The number of carboxylic acid groups (broad SMARTS) is 1. The molecule has 1 aromatic rings. The minimum absolute atomic E-state index is 0.0103. The van der Waals surface area contributed by atoms with Crippen LogP contribution in [-0.4, -0.2) is 86.3 Å². The maximum absolute atomic E-state index is 12.8. The molecule has 0 bridgehead atoms. The lowest BCUT2D eigenvalue weighted by Gasteiger charge is -2.34. The molecule has 1 saturated heterocycles. The number of hydrogen-bond donors (Lipinski definition) is 1. The summed E-state index contributed by atoms with van der Waals surface area (Å²) in [4.78, 5) is 29.2. The van der Waals surface area contributed by atoms with Gasteiger partial charge in [-0.1, -0.05) is 6.92 Å². The highest BCUT2D eigenvalue weighted by atomic mass is 16.5. The van der Waals surface area contributed by atoms with Gasteiger partial charge in [0.15, 0.2) is 0 Å². The number of nitrogens with zero attached hydrogens (tertiary/aromatic N) is 3. The fourth-order valence-corrected chi connectivity index (χ4v) is 3.16. The van der Waals surface area contributed by atoms with Gasteiger partial charge in [0.1, 0.15) is 0 Å². The third-order valence-electron chi connectivity index (χ3n) is 4.46. The number of hydrogen-bond acceptors (Lipinski definition) is 5. The number of carbonyl (C=O) groups is 2. The second-order valence-corrected chi connectivity index (χ2v) is 6.80. The molecule has 0 aliphatic carbocycles. The number of carbonyl (C=O) groups excluding carboxylic acids is 1. The van der Waals surface area contributed by atoms with Gasteiger partial charge in [0.05, 0.1) is 19.3 Å². The molecule has 2 rings (SSSR count). The number of aliphatic carboxylic acids is 1. The molecule has 1 unspecified atom stereocenters. The van der Waals surface area contributed by atoms with Crippen molar-refractivity contribution in [3.05, 3.63) is 29.8 Å². The molecule has 26 heavy (non-hydrogen) atoms. The van der Waals surface area contributed by atoms with Gasteiger partial charge in [-0.25, -0.2) is 0 Å². The van der Waals surface area contributed by atoms with Crippen molar-refractivity contribution in [3.8, 4) is 0 Å². The summed E-state index contributed by atoms with van der Waals surface area (Å²) >= 11 is 0. The van der Waals surface area contributed by atoms with Crippen molar-refractivity contribution in [2.75, 3.05) is 58.3 Å². The lowest BCUT2D eigenvalue weighted by molar-refractivity contribution is -0.138. The first kappa shape index (κ1) is 20.2. The summed E-state index contributed by atoms with van der Waals surface area (Å²) < 4.78 is 5.69. The van der Waals surface area contributed by atoms with E-state index in [-0.39, 0.29) is 18.6 Å². The first-order chi connectivity index (χ1) is 12.4. The van der Waals surface area contributed by atoms with Gasteiger partial charge in [-0.15, -0.1) is 0 Å². The van der Waals surface area contributed by atoms with Crippen LogP contribution >= 0.6 is 0 Å². The van der Waals surface area contributed by atoms with Crippen molar-refractivity contribution in [3.63, 3.8) is 0 Å². The third-order valence-corrected chi connectivity index (χ3v) is 4.46. The number of morpholine rings is 1. The Morgan fingerprint density at radius 3 is 2.58 bits per heavy atom. The highest BCUT2D eigenvalue weighted by Gasteiger charge is 2.26. The molecule has 7 heteroatoms. The quantitative estimate of drug-likeness (QED) is 0.752. The monoisotopic (exact) mass is 363 g/mol. The molecule has 1 heterocycles. The van der Waals surface area contributed by atoms with Crippen molar-refractivity contribution in [2.45, 2.75) is 19.4 Å². The van der Waals surface area contributed by atoms with Crippen molar-refractivity contribution in [1.29, 1.82) is 0 Å². The lowest BCUT2D eigenvalue weighted by atomic mass is 10.1. The predicted molar refractivity (Wildman–Crippen MR) is 101 cm³/mol. The summed E-state index contributed by atoms with van der Waals surface area (Å²) in [5, 5.41) is 8.85. The van der Waals surface area contributed by atoms with E-state index in [1.54, 1.807) is 16.8 Å². The average Bonchev–Trinajstić information content (AvgIpc) is 2.61. The molecule has 1 atom stereocenters. The molecule has 0 aromatic heterocycles. The molecule has 1 aromatic carbocycles. The van der Waals surface area contributed by atoms with Gasteiger partial charge in [-0.2, -0.15) is 0 Å². The number of benzene rings is 1. The van der Waals surface area contributed by atoms with Crippen LogP contribution in [0.3, 0.4) is 0 Å². The van der Waals surface area contributed by atoms with Crippen molar-refractivity contribution in [2.24, 2.45) is 0 Å². The predicted octanol–water partition coefficient (Wildman–Crippen LogP) is 1.39. The van der Waals surface area contributed by atoms with Gasteiger partial charge in [0.25, 0.3) is 5.91 Å². The number of carboxylic acids is 1. The van der Waals surface area contributed by atoms with Crippen LogP contribution in [0.15, 0.2) is 24.3 Å². The van der Waals surface area contributed by atoms with Crippen LogP contribution in [0.4, 0.5) is 5.69 Å². The number of rotatable bonds is 8. The van der Waals surface area contributed by atoms with Crippen molar-refractivity contribution >= 4 is 17.6 Å². The van der Waals surface area contributed by atoms with Gasteiger partial charge in [0.2, 0.25) is 0 Å². The molecule has 1 fully saturated rings. The SMILES string of the molecule is CCCN(C)c1ccc(C(=O)N2CCOC(CN(C)CC(=O)O)C2)cc1. The highest BCUT2D eigenvalue weighted by molar-refractivity contribution is 5.94. The van der Waals surface area contributed by atoms with Crippen LogP contribution in [0.2, 0.25) is 0 Å². The van der Waals surface area contributed by atoms with Gasteiger partial charge in [-0.05, 0) is 37.7 Å². The summed E-state index contributed by atoms with van der Waals surface area (Å²) in [5.74, 6) is -0.881. The molecule has 144 valence electrons. The molecule has 0 radical (unpaired) electrons. The molecule has 1 N–H and O–H groups in total. The Morgan fingerprint density at radius 1 is 1.27 bits per heavy atom. The van der Waals surface area contributed by atoms with Crippen LogP contribution in [0, 0.1) is 0 Å². The molecule has 1 aliphatic rings. The maximum atomic E-state index is 12.8. The van der Waals surface area contributed by atoms with E-state index in [4.69, 9.17) is 9.84 Å². The minimum atomic E-state index is -0.871. The third kappa shape index (κ3) is 5.71. The van der Waals surface area contributed by atoms with E-state index in [0.717, 1.165) is 18.7 Å². The van der Waals surface area contributed by atoms with Crippen LogP contribution < -0.4 is 4.90 Å². The van der Waals surface area contributed by atoms with Crippen LogP contribution in [0.5, 0.6) is 0 Å². The Balaban J connectivity index is 1.94. The lowest BCUT2D eigenvalue weighted by Crippen LogP contribution is -2.49. The molecule has 0 spiro atoms. The van der Waals surface area contributed by atoms with Crippen LogP contribution in [0.1, 0.15) is 23.7 Å². The van der Waals surface area contributed by atoms with E-state index in [9.17, 15) is 9.59 Å². The van der Waals surface area contributed by atoms with Gasteiger partial charge >= 0.3 is 5.97 Å². The van der Waals surface area contributed by atoms with Crippen molar-refractivity contribution in [1.82, 2.24) is 9.80 Å². The zero-order chi connectivity index (χ0) is 19.1. The largest absolute Gasteiger partial charge is 0.480 e. The van der Waals surface area contributed by atoms with E-state index in [0.29, 0.717) is 31.8 Å². The van der Waals surface area contributed by atoms with E-state index in [2.05, 4.69) is 11.8 Å². The number of ether oxygens (including phenoxy) is 1. The van der Waals surface area contributed by atoms with E-state index < -0.39 is 5.97 Å². The van der Waals surface area contributed by atoms with Crippen molar-refractivity contribution < 1.29 is 19.4 Å². The van der Waals surface area contributed by atoms with Gasteiger partial charge < -0.3 is 19.6 Å². The van der Waals surface area contributed by atoms with E-state index in [1.807, 2.05) is 31.3 Å². The van der Waals surface area contributed by atoms with Gasteiger partial charge in [0, 0.05) is 44.5 Å². The summed E-state index contributed by atoms with van der Waals surface area (Å²) in [6.07, 6.45) is 0.898. The molecule has 1 aliphatic heterocycles. The van der Waals surface area contributed by atoms with Crippen LogP contribution in [-0.2, 0) is 9.53 Å². The molecule has 0 saturated carbocycles. The normalized spacial score (nSPS) is 17.4. The van der Waals surface area contributed by atoms with Gasteiger partial charge in [-0.3, -0.25) is 14.5 Å². The second kappa shape index (κ2) is 9.54. The first-order valence-electron chi connectivity index (χ1n) is 9.03. The Kier molecular flexibility index (Phi) is 7.41. The Hall–Kier alpha value is -2.12. The topological polar surface area (TPSA) is 73.3 Å². The summed E-state index contributed by atoms with van der Waals surface area (Å²) in [6, 6.07) is 7.68. The van der Waals surface area contributed by atoms with Crippen LogP contribution in [0.25, 0.3) is 0 Å². The number of anilines is 1. The van der Waals surface area contributed by atoms with E-state index >= 15 is 0 Å². The molecule has 1 amide bonds.